The Bertz CT molecular complexity index is 451. The molecule has 0 aromatic carbocycles. The number of anilines is 1. The minimum atomic E-state index is -0.385. The minimum absolute atomic E-state index is 0.158. The summed E-state index contributed by atoms with van der Waals surface area (Å²) in [4.78, 5) is 18.8. The summed E-state index contributed by atoms with van der Waals surface area (Å²) >= 11 is 8.95. The number of nitrogens with zero attached hydrogens (tertiary/aromatic N) is 2. The van der Waals surface area contributed by atoms with Gasteiger partial charge in [-0.3, -0.25) is 0 Å². The summed E-state index contributed by atoms with van der Waals surface area (Å²) in [5, 5.41) is 3.18. The number of hydrogen-bond donors (Lipinski definition) is 1. The van der Waals surface area contributed by atoms with E-state index in [1.807, 2.05) is 0 Å². The van der Waals surface area contributed by atoms with Crippen molar-refractivity contribution in [3.8, 4) is 0 Å². The lowest BCUT2D eigenvalue weighted by Crippen LogP contribution is -2.07. The second-order valence-electron chi connectivity index (χ2n) is 3.20. The molecule has 0 fully saturated rings. The van der Waals surface area contributed by atoms with E-state index in [4.69, 9.17) is 11.6 Å². The van der Waals surface area contributed by atoms with Crippen molar-refractivity contribution >= 4 is 39.3 Å². The van der Waals surface area contributed by atoms with Gasteiger partial charge in [-0.15, -0.1) is 0 Å². The van der Waals surface area contributed by atoms with Crippen LogP contribution in [0.2, 0.25) is 5.28 Å². The molecule has 0 amide bonds. The molecule has 0 aliphatic heterocycles. The molecule has 92 valence electrons. The van der Waals surface area contributed by atoms with E-state index in [1.165, 1.54) is 13.2 Å². The Kier molecular flexibility index (Phi) is 5.37. The number of rotatable bonds is 4. The number of hydrogen-bond acceptors (Lipinski definition) is 5. The van der Waals surface area contributed by atoms with Crippen LogP contribution in [0.3, 0.4) is 0 Å². The largest absolute Gasteiger partial charge is 0.466 e. The predicted octanol–water partition coefficient (Wildman–Crippen LogP) is 2.42. The van der Waals surface area contributed by atoms with Gasteiger partial charge in [-0.2, -0.15) is 4.98 Å². The van der Waals surface area contributed by atoms with Crippen molar-refractivity contribution in [2.24, 2.45) is 0 Å². The van der Waals surface area contributed by atoms with Crippen molar-refractivity contribution in [2.45, 2.75) is 6.92 Å². The molecule has 0 saturated carbocycles. The number of methoxy groups -OCH3 is 1. The van der Waals surface area contributed by atoms with Crippen molar-refractivity contribution in [1.82, 2.24) is 9.97 Å². The van der Waals surface area contributed by atoms with Crippen molar-refractivity contribution in [1.29, 1.82) is 0 Å². The Morgan fingerprint density at radius 1 is 1.71 bits per heavy atom. The van der Waals surface area contributed by atoms with Gasteiger partial charge in [0, 0.05) is 18.8 Å². The second-order valence-corrected chi connectivity index (χ2v) is 4.40. The Labute approximate surface area is 112 Å². The van der Waals surface area contributed by atoms with Gasteiger partial charge in [0.25, 0.3) is 0 Å². The fraction of sp³-hybridized carbons (Fsp3) is 0.300. The standard InChI is InChI=1S/C10H11BrClN3O2/c1-6(3-8(16)17-2)4-13-9-7(11)5-14-10(12)15-9/h3,5H,4H2,1-2H3,(H,13,14,15)/b6-3+. The molecule has 1 rings (SSSR count). The van der Waals surface area contributed by atoms with Crippen LogP contribution in [0, 0.1) is 0 Å². The highest BCUT2D eigenvalue weighted by molar-refractivity contribution is 9.10. The van der Waals surface area contributed by atoms with E-state index < -0.39 is 0 Å². The summed E-state index contributed by atoms with van der Waals surface area (Å²) in [5.41, 5.74) is 0.818. The molecule has 0 atom stereocenters. The molecule has 0 saturated heterocycles. The number of halogens is 2. The van der Waals surface area contributed by atoms with E-state index in [9.17, 15) is 4.79 Å². The van der Waals surface area contributed by atoms with Crippen molar-refractivity contribution in [3.05, 3.63) is 27.6 Å². The number of esters is 1. The van der Waals surface area contributed by atoms with Gasteiger partial charge in [-0.25, -0.2) is 9.78 Å². The average molecular weight is 321 g/mol. The molecule has 0 unspecified atom stereocenters. The first kappa shape index (κ1) is 13.9. The van der Waals surface area contributed by atoms with Crippen LogP contribution in [0.4, 0.5) is 5.82 Å². The summed E-state index contributed by atoms with van der Waals surface area (Å²) in [5.74, 6) is 0.187. The van der Waals surface area contributed by atoms with Crippen LogP contribution >= 0.6 is 27.5 Å². The normalized spacial score (nSPS) is 11.2. The van der Waals surface area contributed by atoms with Gasteiger partial charge in [0.1, 0.15) is 5.82 Å². The van der Waals surface area contributed by atoms with Crippen LogP contribution in [-0.2, 0) is 9.53 Å². The van der Waals surface area contributed by atoms with Crippen LogP contribution in [0.5, 0.6) is 0 Å². The van der Waals surface area contributed by atoms with Crippen LogP contribution in [0.15, 0.2) is 22.3 Å². The molecular weight excluding hydrogens is 309 g/mol. The molecule has 0 radical (unpaired) electrons. The third-order valence-corrected chi connectivity index (χ3v) is 2.58. The molecule has 1 aromatic heterocycles. The summed E-state index contributed by atoms with van der Waals surface area (Å²) < 4.78 is 5.22. The summed E-state index contributed by atoms with van der Waals surface area (Å²) in [6, 6.07) is 0. The fourth-order valence-electron chi connectivity index (χ4n) is 1.00. The van der Waals surface area contributed by atoms with Gasteiger partial charge in [-0.1, -0.05) is 0 Å². The molecule has 0 aliphatic carbocycles. The van der Waals surface area contributed by atoms with Gasteiger partial charge in [0.05, 0.1) is 11.6 Å². The summed E-state index contributed by atoms with van der Waals surface area (Å²) in [6.07, 6.45) is 2.96. The maximum atomic E-state index is 11.0. The molecule has 1 N–H and O–H groups in total. The van der Waals surface area contributed by atoms with Gasteiger partial charge in [-0.05, 0) is 40.0 Å². The Morgan fingerprint density at radius 2 is 2.41 bits per heavy atom. The van der Waals surface area contributed by atoms with Crippen LogP contribution in [-0.4, -0.2) is 29.6 Å². The highest BCUT2D eigenvalue weighted by Crippen LogP contribution is 2.20. The zero-order valence-corrected chi connectivity index (χ0v) is 11.7. The zero-order chi connectivity index (χ0) is 12.8. The van der Waals surface area contributed by atoms with Crippen molar-refractivity contribution in [2.75, 3.05) is 19.0 Å². The van der Waals surface area contributed by atoms with E-state index in [2.05, 4.69) is 36.0 Å². The summed E-state index contributed by atoms with van der Waals surface area (Å²) in [6.45, 7) is 2.27. The minimum Gasteiger partial charge on any atom is -0.466 e. The molecular formula is C10H11BrClN3O2. The number of carbonyl (C=O) groups excluding carboxylic acids is 1. The van der Waals surface area contributed by atoms with E-state index in [1.54, 1.807) is 13.1 Å². The molecule has 5 nitrogen and oxygen atoms in total. The number of ether oxygens (including phenoxy) is 1. The summed E-state index contributed by atoms with van der Waals surface area (Å²) in [7, 11) is 1.33. The Balaban J connectivity index is 2.64. The lowest BCUT2D eigenvalue weighted by molar-refractivity contribution is -0.134. The molecule has 7 heteroatoms. The number of aromatic nitrogens is 2. The topological polar surface area (TPSA) is 64.1 Å². The molecule has 17 heavy (non-hydrogen) atoms. The maximum Gasteiger partial charge on any atom is 0.330 e. The van der Waals surface area contributed by atoms with Crippen LogP contribution in [0.25, 0.3) is 0 Å². The molecule has 1 heterocycles. The second kappa shape index (κ2) is 6.56. The predicted molar refractivity (Wildman–Crippen MR) is 69.0 cm³/mol. The number of nitrogens with one attached hydrogen (secondary N) is 1. The lowest BCUT2D eigenvalue weighted by atomic mass is 10.3. The monoisotopic (exact) mass is 319 g/mol. The quantitative estimate of drug-likeness (QED) is 0.524. The first-order valence-electron chi connectivity index (χ1n) is 4.70. The van der Waals surface area contributed by atoms with Gasteiger partial charge >= 0.3 is 5.97 Å². The highest BCUT2D eigenvalue weighted by Gasteiger charge is 2.04. The molecule has 0 aliphatic rings. The first-order chi connectivity index (χ1) is 8.02. The smallest absolute Gasteiger partial charge is 0.330 e. The SMILES string of the molecule is COC(=O)/C=C(\C)CNc1nc(Cl)ncc1Br. The Hall–Kier alpha value is -1.14. The van der Waals surface area contributed by atoms with E-state index >= 15 is 0 Å². The first-order valence-corrected chi connectivity index (χ1v) is 5.87. The lowest BCUT2D eigenvalue weighted by Gasteiger charge is -2.07. The molecule has 0 spiro atoms. The van der Waals surface area contributed by atoms with Gasteiger partial charge in [0.2, 0.25) is 5.28 Å². The van der Waals surface area contributed by atoms with Gasteiger partial charge in [0.15, 0.2) is 0 Å². The third-order valence-electron chi connectivity index (χ3n) is 1.81. The third kappa shape index (κ3) is 4.70. The Morgan fingerprint density at radius 3 is 3.06 bits per heavy atom. The fourth-order valence-corrected chi connectivity index (χ4v) is 1.47. The zero-order valence-electron chi connectivity index (χ0n) is 9.33. The van der Waals surface area contributed by atoms with E-state index in [-0.39, 0.29) is 11.3 Å². The van der Waals surface area contributed by atoms with E-state index in [0.29, 0.717) is 16.8 Å². The average Bonchev–Trinajstić information content (AvgIpc) is 2.30. The van der Waals surface area contributed by atoms with Crippen LogP contribution in [0.1, 0.15) is 6.92 Å². The van der Waals surface area contributed by atoms with E-state index in [0.717, 1.165) is 5.57 Å². The molecule has 1 aromatic rings. The van der Waals surface area contributed by atoms with Crippen molar-refractivity contribution < 1.29 is 9.53 Å². The van der Waals surface area contributed by atoms with Gasteiger partial charge < -0.3 is 10.1 Å². The maximum absolute atomic E-state index is 11.0. The number of carbonyl (C=O) groups is 1. The van der Waals surface area contributed by atoms with Crippen molar-refractivity contribution in [3.63, 3.8) is 0 Å². The molecule has 0 bridgehead atoms. The van der Waals surface area contributed by atoms with Crippen LogP contribution < -0.4 is 5.32 Å². The highest BCUT2D eigenvalue weighted by atomic mass is 79.9.